The fraction of sp³-hybridized carbons (Fsp3) is 0.286. The molecule has 0 saturated heterocycles. The van der Waals surface area contributed by atoms with Crippen LogP contribution < -0.4 is 0 Å². The molecule has 0 aromatic carbocycles. The molecule has 0 N–H and O–H groups in total. The van der Waals surface area contributed by atoms with Crippen molar-refractivity contribution in [2.45, 2.75) is 13.5 Å². The SMILES string of the molecule is Cc1cnc(COC=O)cn1. The highest BCUT2D eigenvalue weighted by molar-refractivity contribution is 5.37. The number of nitrogens with zero attached hydrogens (tertiary/aromatic N) is 2. The van der Waals surface area contributed by atoms with Gasteiger partial charge >= 0.3 is 0 Å². The highest BCUT2D eigenvalue weighted by Crippen LogP contribution is 1.94. The highest BCUT2D eigenvalue weighted by Gasteiger charge is 1.93. The zero-order valence-electron chi connectivity index (χ0n) is 6.15. The minimum absolute atomic E-state index is 0.191. The van der Waals surface area contributed by atoms with E-state index in [1.54, 1.807) is 12.4 Å². The van der Waals surface area contributed by atoms with Crippen LogP contribution in [0.4, 0.5) is 0 Å². The van der Waals surface area contributed by atoms with Gasteiger partial charge in [0.1, 0.15) is 6.61 Å². The molecule has 1 aromatic heterocycles. The second-order valence-electron chi connectivity index (χ2n) is 2.06. The van der Waals surface area contributed by atoms with E-state index in [1.807, 2.05) is 6.92 Å². The lowest BCUT2D eigenvalue weighted by Gasteiger charge is -1.96. The van der Waals surface area contributed by atoms with Gasteiger partial charge in [-0.2, -0.15) is 0 Å². The van der Waals surface area contributed by atoms with Crippen LogP contribution in [0.5, 0.6) is 0 Å². The Morgan fingerprint density at radius 3 is 2.91 bits per heavy atom. The molecule has 4 nitrogen and oxygen atoms in total. The molecule has 0 aliphatic carbocycles. The molecular formula is C7H8N2O2. The maximum atomic E-state index is 9.77. The number of carbonyl (C=O) groups excluding carboxylic acids is 1. The van der Waals surface area contributed by atoms with Crippen LogP contribution in [0.25, 0.3) is 0 Å². The van der Waals surface area contributed by atoms with Gasteiger partial charge in [0.2, 0.25) is 0 Å². The van der Waals surface area contributed by atoms with Crippen LogP contribution in [-0.2, 0) is 16.1 Å². The van der Waals surface area contributed by atoms with Gasteiger partial charge in [-0.1, -0.05) is 0 Å². The minimum atomic E-state index is 0.191. The van der Waals surface area contributed by atoms with E-state index in [4.69, 9.17) is 0 Å². The summed E-state index contributed by atoms with van der Waals surface area (Å²) in [4.78, 5) is 17.7. The van der Waals surface area contributed by atoms with Crippen molar-refractivity contribution in [3.05, 3.63) is 23.8 Å². The Morgan fingerprint density at radius 1 is 1.55 bits per heavy atom. The van der Waals surface area contributed by atoms with Crippen molar-refractivity contribution in [1.82, 2.24) is 9.97 Å². The molecule has 0 saturated carbocycles. The molecular weight excluding hydrogens is 144 g/mol. The van der Waals surface area contributed by atoms with Crippen molar-refractivity contribution in [2.24, 2.45) is 0 Å². The standard InChI is InChI=1S/C7H8N2O2/c1-6-2-9-7(3-8-6)4-11-5-10/h2-3,5H,4H2,1H3. The van der Waals surface area contributed by atoms with E-state index >= 15 is 0 Å². The van der Waals surface area contributed by atoms with E-state index in [0.717, 1.165) is 5.69 Å². The third-order valence-electron chi connectivity index (χ3n) is 1.13. The number of carbonyl (C=O) groups is 1. The van der Waals surface area contributed by atoms with Gasteiger partial charge in [0.15, 0.2) is 0 Å². The molecule has 11 heavy (non-hydrogen) atoms. The summed E-state index contributed by atoms with van der Waals surface area (Å²) in [5, 5.41) is 0. The zero-order chi connectivity index (χ0) is 8.10. The van der Waals surface area contributed by atoms with Gasteiger partial charge in [-0.3, -0.25) is 14.8 Å². The molecule has 0 fully saturated rings. The molecule has 58 valence electrons. The van der Waals surface area contributed by atoms with Gasteiger partial charge in [-0.15, -0.1) is 0 Å². The average Bonchev–Trinajstić information content (AvgIpc) is 2.04. The van der Waals surface area contributed by atoms with Gasteiger partial charge in [-0.25, -0.2) is 0 Å². The van der Waals surface area contributed by atoms with E-state index in [1.165, 1.54) is 0 Å². The monoisotopic (exact) mass is 152 g/mol. The van der Waals surface area contributed by atoms with Gasteiger partial charge in [0.05, 0.1) is 17.6 Å². The number of hydrogen-bond donors (Lipinski definition) is 0. The van der Waals surface area contributed by atoms with Crippen LogP contribution in [0, 0.1) is 6.92 Å². The third kappa shape index (κ3) is 2.33. The lowest BCUT2D eigenvalue weighted by Crippen LogP contribution is -1.95. The van der Waals surface area contributed by atoms with E-state index in [9.17, 15) is 4.79 Å². The molecule has 0 aliphatic rings. The first-order valence-electron chi connectivity index (χ1n) is 3.15. The maximum absolute atomic E-state index is 9.77. The average molecular weight is 152 g/mol. The van der Waals surface area contributed by atoms with Crippen LogP contribution >= 0.6 is 0 Å². The molecule has 0 bridgehead atoms. The van der Waals surface area contributed by atoms with Crippen LogP contribution in [0.3, 0.4) is 0 Å². The lowest BCUT2D eigenvalue weighted by atomic mass is 10.4. The van der Waals surface area contributed by atoms with E-state index in [0.29, 0.717) is 12.2 Å². The highest BCUT2D eigenvalue weighted by atomic mass is 16.5. The number of ether oxygens (including phenoxy) is 1. The maximum Gasteiger partial charge on any atom is 0.293 e. The second-order valence-corrected chi connectivity index (χ2v) is 2.06. The topological polar surface area (TPSA) is 52.1 Å². The summed E-state index contributed by atoms with van der Waals surface area (Å²) in [5.74, 6) is 0. The predicted octanol–water partition coefficient (Wildman–Crippen LogP) is 0.458. The summed E-state index contributed by atoms with van der Waals surface area (Å²) in [6, 6.07) is 0. The van der Waals surface area contributed by atoms with Crippen LogP contribution in [0.2, 0.25) is 0 Å². The van der Waals surface area contributed by atoms with Crippen molar-refractivity contribution in [2.75, 3.05) is 0 Å². The van der Waals surface area contributed by atoms with Gasteiger partial charge in [0, 0.05) is 6.20 Å². The Labute approximate surface area is 64.2 Å². The molecule has 4 heteroatoms. The van der Waals surface area contributed by atoms with Gasteiger partial charge < -0.3 is 4.74 Å². The number of aryl methyl sites for hydroxylation is 1. The van der Waals surface area contributed by atoms with E-state index in [2.05, 4.69) is 14.7 Å². The summed E-state index contributed by atoms with van der Waals surface area (Å²) in [6.45, 7) is 2.43. The van der Waals surface area contributed by atoms with Crippen LogP contribution in [-0.4, -0.2) is 16.4 Å². The minimum Gasteiger partial charge on any atom is -0.461 e. The largest absolute Gasteiger partial charge is 0.461 e. The first kappa shape index (κ1) is 7.65. The fourth-order valence-corrected chi connectivity index (χ4v) is 0.613. The fourth-order valence-electron chi connectivity index (χ4n) is 0.613. The third-order valence-corrected chi connectivity index (χ3v) is 1.13. The summed E-state index contributed by atoms with van der Waals surface area (Å²) in [6.07, 6.45) is 3.21. The summed E-state index contributed by atoms with van der Waals surface area (Å²) in [5.41, 5.74) is 1.50. The van der Waals surface area contributed by atoms with Crippen molar-refractivity contribution in [1.29, 1.82) is 0 Å². The van der Waals surface area contributed by atoms with E-state index in [-0.39, 0.29) is 6.61 Å². The Kier molecular flexibility index (Phi) is 2.54. The zero-order valence-corrected chi connectivity index (χ0v) is 6.15. The Bertz CT molecular complexity index is 233. The van der Waals surface area contributed by atoms with Crippen LogP contribution in [0.1, 0.15) is 11.4 Å². The van der Waals surface area contributed by atoms with Crippen molar-refractivity contribution >= 4 is 6.47 Å². The summed E-state index contributed by atoms with van der Waals surface area (Å²) in [7, 11) is 0. The molecule has 1 aromatic rings. The predicted molar refractivity (Wildman–Crippen MR) is 37.6 cm³/mol. The molecule has 0 spiro atoms. The van der Waals surface area contributed by atoms with E-state index < -0.39 is 0 Å². The van der Waals surface area contributed by atoms with Crippen LogP contribution in [0.15, 0.2) is 12.4 Å². The van der Waals surface area contributed by atoms with Gasteiger partial charge in [-0.05, 0) is 6.92 Å². The quantitative estimate of drug-likeness (QED) is 0.590. The Morgan fingerprint density at radius 2 is 2.36 bits per heavy atom. The first-order valence-corrected chi connectivity index (χ1v) is 3.15. The molecule has 0 aliphatic heterocycles. The number of aromatic nitrogens is 2. The lowest BCUT2D eigenvalue weighted by molar-refractivity contribution is -0.129. The Balaban J connectivity index is 2.58. The van der Waals surface area contributed by atoms with Crippen molar-refractivity contribution in [3.63, 3.8) is 0 Å². The molecule has 0 atom stereocenters. The van der Waals surface area contributed by atoms with Crippen molar-refractivity contribution in [3.8, 4) is 0 Å². The smallest absolute Gasteiger partial charge is 0.293 e. The van der Waals surface area contributed by atoms with Crippen molar-refractivity contribution < 1.29 is 9.53 Å². The summed E-state index contributed by atoms with van der Waals surface area (Å²) >= 11 is 0. The second kappa shape index (κ2) is 3.65. The molecule has 1 heterocycles. The molecule has 1 rings (SSSR count). The van der Waals surface area contributed by atoms with Gasteiger partial charge in [0.25, 0.3) is 6.47 Å². The molecule has 0 unspecified atom stereocenters. The molecule has 0 radical (unpaired) electrons. The number of hydrogen-bond acceptors (Lipinski definition) is 4. The summed E-state index contributed by atoms with van der Waals surface area (Å²) < 4.78 is 4.48. The Hall–Kier alpha value is -1.45. The first-order chi connectivity index (χ1) is 5.33. The number of rotatable bonds is 3. The molecule has 0 amide bonds. The normalized spacial score (nSPS) is 9.18.